The maximum absolute atomic E-state index is 12.3. The maximum Gasteiger partial charge on any atom is 0.325 e. The van der Waals surface area contributed by atoms with Gasteiger partial charge in [-0.3, -0.25) is 9.59 Å². The second-order valence-electron chi connectivity index (χ2n) is 4.58. The summed E-state index contributed by atoms with van der Waals surface area (Å²) in [6.07, 6.45) is 1.94. The van der Waals surface area contributed by atoms with Gasteiger partial charge < -0.3 is 19.7 Å². The van der Waals surface area contributed by atoms with Gasteiger partial charge in [0.05, 0.1) is 19.8 Å². The van der Waals surface area contributed by atoms with Crippen molar-refractivity contribution in [1.29, 1.82) is 0 Å². The Bertz CT molecular complexity index is 311. The topological polar surface area (TPSA) is 67.9 Å². The van der Waals surface area contributed by atoms with Crippen LogP contribution in [-0.4, -0.2) is 61.8 Å². The summed E-state index contributed by atoms with van der Waals surface area (Å²) in [4.78, 5) is 25.4. The minimum absolute atomic E-state index is 0.0507. The van der Waals surface area contributed by atoms with Crippen molar-refractivity contribution in [3.05, 3.63) is 0 Å². The number of carbonyl (C=O) groups is 2. The maximum atomic E-state index is 12.3. The second-order valence-corrected chi connectivity index (χ2v) is 4.58. The molecule has 1 saturated carbocycles. The largest absolute Gasteiger partial charge is 0.465 e. The number of carbonyl (C=O) groups excluding carboxylic acids is 2. The Labute approximate surface area is 107 Å². The zero-order valence-corrected chi connectivity index (χ0v) is 10.7. The van der Waals surface area contributed by atoms with Crippen molar-refractivity contribution >= 4 is 11.9 Å². The minimum atomic E-state index is -0.338. The molecule has 1 aliphatic carbocycles. The van der Waals surface area contributed by atoms with Crippen molar-refractivity contribution in [3.8, 4) is 0 Å². The van der Waals surface area contributed by atoms with Gasteiger partial charge in [-0.05, 0) is 19.8 Å². The number of esters is 1. The highest BCUT2D eigenvalue weighted by Gasteiger charge is 2.37. The van der Waals surface area contributed by atoms with E-state index in [2.05, 4.69) is 5.32 Å². The van der Waals surface area contributed by atoms with Crippen molar-refractivity contribution in [3.63, 3.8) is 0 Å². The molecule has 2 fully saturated rings. The van der Waals surface area contributed by atoms with Crippen LogP contribution in [0.2, 0.25) is 0 Å². The molecular weight excluding hydrogens is 236 g/mol. The van der Waals surface area contributed by atoms with Crippen LogP contribution in [0.5, 0.6) is 0 Å². The lowest BCUT2D eigenvalue weighted by molar-refractivity contribution is -0.151. The standard InChI is InChI=1S/C12H20N2O4/c1-2-18-11(15)7-14(9-3-4-9)12(16)10-8-17-6-5-13-10/h9-10,13H,2-8H2,1H3. The third kappa shape index (κ3) is 3.43. The first-order valence-corrected chi connectivity index (χ1v) is 6.49. The van der Waals surface area contributed by atoms with Crippen LogP contribution in [0.4, 0.5) is 0 Å². The van der Waals surface area contributed by atoms with Crippen LogP contribution in [0.15, 0.2) is 0 Å². The zero-order valence-electron chi connectivity index (χ0n) is 10.7. The van der Waals surface area contributed by atoms with Crippen molar-refractivity contribution in [2.24, 2.45) is 0 Å². The molecule has 1 amide bonds. The third-order valence-corrected chi connectivity index (χ3v) is 3.10. The number of morpholine rings is 1. The molecule has 0 radical (unpaired) electrons. The fourth-order valence-corrected chi connectivity index (χ4v) is 2.04. The summed E-state index contributed by atoms with van der Waals surface area (Å²) in [5, 5.41) is 3.12. The van der Waals surface area contributed by atoms with E-state index in [-0.39, 0.29) is 30.5 Å². The van der Waals surface area contributed by atoms with E-state index in [1.807, 2.05) is 0 Å². The Kier molecular flexibility index (Phi) is 4.54. The SMILES string of the molecule is CCOC(=O)CN(C(=O)C1COCCN1)C1CC1. The van der Waals surface area contributed by atoms with Crippen molar-refractivity contribution in [2.75, 3.05) is 32.9 Å². The van der Waals surface area contributed by atoms with E-state index in [1.54, 1.807) is 11.8 Å². The van der Waals surface area contributed by atoms with E-state index in [9.17, 15) is 9.59 Å². The predicted octanol–water partition coefficient (Wildman–Crippen LogP) is -0.471. The van der Waals surface area contributed by atoms with Crippen LogP contribution >= 0.6 is 0 Å². The molecule has 102 valence electrons. The first kappa shape index (κ1) is 13.3. The first-order chi connectivity index (χ1) is 8.72. The molecule has 1 aliphatic heterocycles. The number of ether oxygens (including phenoxy) is 2. The Morgan fingerprint density at radius 1 is 1.44 bits per heavy atom. The lowest BCUT2D eigenvalue weighted by Crippen LogP contribution is -2.54. The number of amides is 1. The van der Waals surface area contributed by atoms with E-state index in [0.717, 1.165) is 12.8 Å². The van der Waals surface area contributed by atoms with Gasteiger partial charge in [-0.1, -0.05) is 0 Å². The summed E-state index contributed by atoms with van der Waals surface area (Å²) in [5.41, 5.74) is 0. The molecule has 1 atom stereocenters. The summed E-state index contributed by atoms with van der Waals surface area (Å²) in [5.74, 6) is -0.389. The fraction of sp³-hybridized carbons (Fsp3) is 0.833. The molecule has 2 rings (SSSR count). The van der Waals surface area contributed by atoms with Crippen LogP contribution in [0.3, 0.4) is 0 Å². The molecule has 1 saturated heterocycles. The lowest BCUT2D eigenvalue weighted by atomic mass is 10.2. The van der Waals surface area contributed by atoms with Crippen molar-refractivity contribution in [2.45, 2.75) is 31.8 Å². The molecule has 0 aromatic heterocycles. The summed E-state index contributed by atoms with van der Waals surface area (Å²) >= 11 is 0. The molecule has 6 nitrogen and oxygen atoms in total. The molecule has 6 heteroatoms. The predicted molar refractivity (Wildman–Crippen MR) is 64.0 cm³/mol. The van der Waals surface area contributed by atoms with E-state index < -0.39 is 0 Å². The monoisotopic (exact) mass is 256 g/mol. The number of nitrogens with one attached hydrogen (secondary N) is 1. The summed E-state index contributed by atoms with van der Waals surface area (Å²) in [6, 6.07) is -0.126. The molecule has 18 heavy (non-hydrogen) atoms. The highest BCUT2D eigenvalue weighted by Crippen LogP contribution is 2.27. The highest BCUT2D eigenvalue weighted by atomic mass is 16.5. The molecule has 2 aliphatic rings. The Hall–Kier alpha value is -1.14. The van der Waals surface area contributed by atoms with Gasteiger partial charge in [0.15, 0.2) is 0 Å². The summed E-state index contributed by atoms with van der Waals surface area (Å²) in [6.45, 7) is 3.84. The minimum Gasteiger partial charge on any atom is -0.465 e. The van der Waals surface area contributed by atoms with Crippen LogP contribution in [0.1, 0.15) is 19.8 Å². The van der Waals surface area contributed by atoms with E-state index >= 15 is 0 Å². The smallest absolute Gasteiger partial charge is 0.325 e. The van der Waals surface area contributed by atoms with Gasteiger partial charge in [0.2, 0.25) is 5.91 Å². The van der Waals surface area contributed by atoms with Gasteiger partial charge in [0.25, 0.3) is 0 Å². The molecule has 1 unspecified atom stereocenters. The molecule has 0 aromatic carbocycles. The average Bonchev–Trinajstić information content (AvgIpc) is 3.21. The van der Waals surface area contributed by atoms with Crippen LogP contribution < -0.4 is 5.32 Å². The number of rotatable bonds is 5. The highest BCUT2D eigenvalue weighted by molar-refractivity contribution is 5.86. The normalized spacial score (nSPS) is 23.5. The van der Waals surface area contributed by atoms with E-state index in [4.69, 9.17) is 9.47 Å². The van der Waals surface area contributed by atoms with Crippen LogP contribution in [0.25, 0.3) is 0 Å². The van der Waals surface area contributed by atoms with Crippen molar-refractivity contribution in [1.82, 2.24) is 10.2 Å². The Morgan fingerprint density at radius 2 is 2.22 bits per heavy atom. The molecule has 1 N–H and O–H groups in total. The molecule has 0 bridgehead atoms. The zero-order chi connectivity index (χ0) is 13.0. The van der Waals surface area contributed by atoms with E-state index in [1.165, 1.54) is 0 Å². The number of nitrogens with zero attached hydrogens (tertiary/aromatic N) is 1. The lowest BCUT2D eigenvalue weighted by Gasteiger charge is -2.29. The number of hydrogen-bond acceptors (Lipinski definition) is 5. The second kappa shape index (κ2) is 6.15. The van der Waals surface area contributed by atoms with Gasteiger partial charge in [-0.2, -0.15) is 0 Å². The van der Waals surface area contributed by atoms with Gasteiger partial charge in [0, 0.05) is 12.6 Å². The summed E-state index contributed by atoms with van der Waals surface area (Å²) < 4.78 is 10.2. The Morgan fingerprint density at radius 3 is 2.78 bits per heavy atom. The summed E-state index contributed by atoms with van der Waals surface area (Å²) in [7, 11) is 0. The first-order valence-electron chi connectivity index (χ1n) is 6.49. The quantitative estimate of drug-likeness (QED) is 0.673. The van der Waals surface area contributed by atoms with Crippen LogP contribution in [-0.2, 0) is 19.1 Å². The van der Waals surface area contributed by atoms with E-state index in [0.29, 0.717) is 26.4 Å². The van der Waals surface area contributed by atoms with Gasteiger partial charge in [-0.25, -0.2) is 0 Å². The molecule has 0 aromatic rings. The van der Waals surface area contributed by atoms with Gasteiger partial charge in [0.1, 0.15) is 12.6 Å². The Balaban J connectivity index is 1.91. The molecule has 0 spiro atoms. The van der Waals surface area contributed by atoms with Crippen LogP contribution in [0, 0.1) is 0 Å². The average molecular weight is 256 g/mol. The van der Waals surface area contributed by atoms with Gasteiger partial charge in [-0.15, -0.1) is 0 Å². The fourth-order valence-electron chi connectivity index (χ4n) is 2.04. The third-order valence-electron chi connectivity index (χ3n) is 3.10. The van der Waals surface area contributed by atoms with Crippen molar-refractivity contribution < 1.29 is 19.1 Å². The molecular formula is C12H20N2O4. The van der Waals surface area contributed by atoms with Gasteiger partial charge >= 0.3 is 5.97 Å². The number of hydrogen-bond donors (Lipinski definition) is 1. The molecule has 1 heterocycles.